The number of hydrogen-bond donors (Lipinski definition) is 0. The van der Waals surface area contributed by atoms with Crippen LogP contribution < -0.4 is 0 Å². The molecule has 0 rings (SSSR count). The van der Waals surface area contributed by atoms with Crippen LogP contribution in [0.1, 0.15) is 335 Å². The van der Waals surface area contributed by atoms with Crippen molar-refractivity contribution < 1.29 is 28.6 Å². The number of rotatable bonds is 54. The van der Waals surface area contributed by atoms with Crippen molar-refractivity contribution in [2.24, 2.45) is 0 Å². The largest absolute Gasteiger partial charge is 0.462 e. The van der Waals surface area contributed by atoms with Crippen LogP contribution in [0, 0.1) is 0 Å². The standard InChI is InChI=1S/C58H112O6/c1-4-7-10-13-16-19-21-23-25-26-27-28-29-30-31-32-33-34-36-37-39-42-45-48-51-57(60)63-54-55(53-62-56(59)50-47-44-41-18-15-12-9-6-3)64-58(61)52-49-46-43-40-38-35-24-22-20-17-14-11-8-5-2/h55H,4-54H2,1-3H3. The van der Waals surface area contributed by atoms with Crippen LogP contribution in [0.4, 0.5) is 0 Å². The van der Waals surface area contributed by atoms with Crippen LogP contribution in [0.15, 0.2) is 0 Å². The Bertz CT molecular complexity index is 951. The number of carbonyl (C=O) groups is 3. The number of esters is 3. The first-order chi connectivity index (χ1) is 31.5. The van der Waals surface area contributed by atoms with Gasteiger partial charge in [-0.3, -0.25) is 14.4 Å². The van der Waals surface area contributed by atoms with E-state index in [1.54, 1.807) is 0 Å². The average Bonchev–Trinajstić information content (AvgIpc) is 3.29. The van der Waals surface area contributed by atoms with Crippen molar-refractivity contribution in [3.05, 3.63) is 0 Å². The summed E-state index contributed by atoms with van der Waals surface area (Å²) in [4.78, 5) is 37.9. The summed E-state index contributed by atoms with van der Waals surface area (Å²) < 4.78 is 16.8. The number of ether oxygens (including phenoxy) is 3. The minimum absolute atomic E-state index is 0.0618. The normalized spacial score (nSPS) is 11.9. The molecule has 1 atom stereocenters. The zero-order chi connectivity index (χ0) is 46.5. The third kappa shape index (κ3) is 51.4. The summed E-state index contributed by atoms with van der Waals surface area (Å²) in [5, 5.41) is 0. The van der Waals surface area contributed by atoms with E-state index in [2.05, 4.69) is 20.8 Å². The summed E-state index contributed by atoms with van der Waals surface area (Å²) in [5.41, 5.74) is 0. The van der Waals surface area contributed by atoms with Crippen molar-refractivity contribution in [2.45, 2.75) is 341 Å². The average molecular weight is 906 g/mol. The highest BCUT2D eigenvalue weighted by atomic mass is 16.6. The van der Waals surface area contributed by atoms with E-state index in [0.29, 0.717) is 19.3 Å². The van der Waals surface area contributed by atoms with Gasteiger partial charge < -0.3 is 14.2 Å². The summed E-state index contributed by atoms with van der Waals surface area (Å²) in [7, 11) is 0. The highest BCUT2D eigenvalue weighted by Crippen LogP contribution is 2.18. The van der Waals surface area contributed by atoms with Crippen LogP contribution in [0.5, 0.6) is 0 Å². The van der Waals surface area contributed by atoms with E-state index >= 15 is 0 Å². The van der Waals surface area contributed by atoms with Gasteiger partial charge in [0.05, 0.1) is 0 Å². The molecule has 64 heavy (non-hydrogen) atoms. The van der Waals surface area contributed by atoms with Gasteiger partial charge in [0.25, 0.3) is 0 Å². The van der Waals surface area contributed by atoms with Crippen molar-refractivity contribution in [1.82, 2.24) is 0 Å². The third-order valence-electron chi connectivity index (χ3n) is 13.4. The van der Waals surface area contributed by atoms with Gasteiger partial charge in [0.2, 0.25) is 0 Å². The van der Waals surface area contributed by atoms with Gasteiger partial charge in [-0.2, -0.15) is 0 Å². The fraction of sp³-hybridized carbons (Fsp3) is 0.948. The lowest BCUT2D eigenvalue weighted by Gasteiger charge is -2.18. The Morgan fingerprint density at radius 2 is 0.422 bits per heavy atom. The van der Waals surface area contributed by atoms with Gasteiger partial charge in [0, 0.05) is 19.3 Å². The molecule has 0 amide bonds. The molecule has 380 valence electrons. The SMILES string of the molecule is CCCCCCCCCCCCCCCCCCCCCCCCCCC(=O)OCC(COC(=O)CCCCCCCCCC)OC(=O)CCCCCCCCCCCCCCCC. The van der Waals surface area contributed by atoms with Crippen LogP contribution in [0.2, 0.25) is 0 Å². The molecule has 0 bridgehead atoms. The first kappa shape index (κ1) is 62.4. The smallest absolute Gasteiger partial charge is 0.306 e. The molecule has 0 spiro atoms. The van der Waals surface area contributed by atoms with E-state index in [1.165, 1.54) is 238 Å². The predicted molar refractivity (Wildman–Crippen MR) is 275 cm³/mol. The Morgan fingerprint density at radius 1 is 0.250 bits per heavy atom. The minimum atomic E-state index is -0.759. The molecule has 0 aromatic carbocycles. The lowest BCUT2D eigenvalue weighted by molar-refractivity contribution is -0.167. The van der Waals surface area contributed by atoms with Crippen LogP contribution in [0.3, 0.4) is 0 Å². The second-order valence-electron chi connectivity index (χ2n) is 19.9. The van der Waals surface area contributed by atoms with Crippen LogP contribution in [-0.2, 0) is 28.6 Å². The van der Waals surface area contributed by atoms with Gasteiger partial charge in [0.1, 0.15) is 13.2 Å². The summed E-state index contributed by atoms with van der Waals surface area (Å²) in [6, 6.07) is 0. The molecule has 0 N–H and O–H groups in total. The fourth-order valence-corrected chi connectivity index (χ4v) is 8.98. The highest BCUT2D eigenvalue weighted by Gasteiger charge is 2.19. The topological polar surface area (TPSA) is 78.9 Å². The van der Waals surface area contributed by atoms with Gasteiger partial charge in [-0.15, -0.1) is 0 Å². The molecule has 0 radical (unpaired) electrons. The van der Waals surface area contributed by atoms with Crippen LogP contribution >= 0.6 is 0 Å². The fourth-order valence-electron chi connectivity index (χ4n) is 8.98. The second-order valence-corrected chi connectivity index (χ2v) is 19.9. The summed E-state index contributed by atoms with van der Waals surface area (Å²) >= 11 is 0. The molecule has 0 saturated heterocycles. The number of hydrogen-bond acceptors (Lipinski definition) is 6. The molecular formula is C58H112O6. The molecule has 1 unspecified atom stereocenters. The van der Waals surface area contributed by atoms with Crippen LogP contribution in [-0.4, -0.2) is 37.2 Å². The molecule has 0 aliphatic carbocycles. The maximum absolute atomic E-state index is 12.8. The number of carbonyl (C=O) groups excluding carboxylic acids is 3. The Labute approximate surface area is 399 Å². The van der Waals surface area contributed by atoms with E-state index in [9.17, 15) is 14.4 Å². The maximum Gasteiger partial charge on any atom is 0.306 e. The molecule has 0 fully saturated rings. The maximum atomic E-state index is 12.8. The van der Waals surface area contributed by atoms with Gasteiger partial charge in [-0.1, -0.05) is 297 Å². The summed E-state index contributed by atoms with van der Waals surface area (Å²) in [6.07, 6.45) is 59.8. The minimum Gasteiger partial charge on any atom is -0.462 e. The van der Waals surface area contributed by atoms with Crippen molar-refractivity contribution in [2.75, 3.05) is 13.2 Å². The first-order valence-electron chi connectivity index (χ1n) is 29.0. The first-order valence-corrected chi connectivity index (χ1v) is 29.0. The Hall–Kier alpha value is -1.59. The van der Waals surface area contributed by atoms with Gasteiger partial charge in [0.15, 0.2) is 6.10 Å². The highest BCUT2D eigenvalue weighted by molar-refractivity contribution is 5.71. The summed E-state index contributed by atoms with van der Waals surface area (Å²) in [6.45, 7) is 6.67. The Morgan fingerprint density at radius 3 is 0.625 bits per heavy atom. The molecule has 0 aliphatic rings. The molecule has 0 aromatic heterocycles. The van der Waals surface area contributed by atoms with E-state index in [1.807, 2.05) is 0 Å². The molecule has 0 saturated carbocycles. The zero-order valence-corrected chi connectivity index (χ0v) is 43.6. The lowest BCUT2D eigenvalue weighted by atomic mass is 10.0. The van der Waals surface area contributed by atoms with Crippen molar-refractivity contribution in [1.29, 1.82) is 0 Å². The second kappa shape index (κ2) is 54.0. The van der Waals surface area contributed by atoms with E-state index < -0.39 is 6.10 Å². The van der Waals surface area contributed by atoms with Gasteiger partial charge in [-0.05, 0) is 19.3 Å². The molecule has 0 aromatic rings. The zero-order valence-electron chi connectivity index (χ0n) is 43.6. The van der Waals surface area contributed by atoms with E-state index in [4.69, 9.17) is 14.2 Å². The van der Waals surface area contributed by atoms with E-state index in [-0.39, 0.29) is 31.1 Å². The quantitative estimate of drug-likeness (QED) is 0.0344. The molecular weight excluding hydrogens is 793 g/mol. The van der Waals surface area contributed by atoms with Crippen LogP contribution in [0.25, 0.3) is 0 Å². The van der Waals surface area contributed by atoms with Crippen molar-refractivity contribution in [3.63, 3.8) is 0 Å². The van der Waals surface area contributed by atoms with E-state index in [0.717, 1.165) is 57.8 Å². The number of unbranched alkanes of at least 4 members (excludes halogenated alkanes) is 43. The van der Waals surface area contributed by atoms with Crippen molar-refractivity contribution >= 4 is 17.9 Å². The van der Waals surface area contributed by atoms with Gasteiger partial charge >= 0.3 is 17.9 Å². The Balaban J connectivity index is 4.09. The third-order valence-corrected chi connectivity index (χ3v) is 13.4. The molecule has 6 heteroatoms. The van der Waals surface area contributed by atoms with Gasteiger partial charge in [-0.25, -0.2) is 0 Å². The monoisotopic (exact) mass is 905 g/mol. The predicted octanol–water partition coefficient (Wildman–Crippen LogP) is 19.2. The molecule has 0 aliphatic heterocycles. The van der Waals surface area contributed by atoms with Crippen molar-refractivity contribution in [3.8, 4) is 0 Å². The summed E-state index contributed by atoms with van der Waals surface area (Å²) in [5.74, 6) is -0.841. The molecule has 0 heterocycles. The lowest BCUT2D eigenvalue weighted by Crippen LogP contribution is -2.30. The molecule has 6 nitrogen and oxygen atoms in total. The Kier molecular flexibility index (Phi) is 52.7.